The van der Waals surface area contributed by atoms with Crippen molar-refractivity contribution in [1.82, 2.24) is 10.6 Å². The van der Waals surface area contributed by atoms with Gasteiger partial charge in [-0.25, -0.2) is 0 Å². The summed E-state index contributed by atoms with van der Waals surface area (Å²) in [7, 11) is 0. The Balaban J connectivity index is 3.52. The van der Waals surface area contributed by atoms with Crippen LogP contribution in [0.15, 0.2) is 12.7 Å². The van der Waals surface area contributed by atoms with Gasteiger partial charge in [0, 0.05) is 13.0 Å². The van der Waals surface area contributed by atoms with E-state index in [1.807, 2.05) is 6.92 Å². The Kier molecular flexibility index (Phi) is 7.58. The van der Waals surface area contributed by atoms with E-state index in [9.17, 15) is 4.79 Å². The van der Waals surface area contributed by atoms with Crippen LogP contribution in [0, 0.1) is 12.3 Å². The van der Waals surface area contributed by atoms with E-state index >= 15 is 0 Å². The van der Waals surface area contributed by atoms with Crippen LogP contribution in [0.25, 0.3) is 0 Å². The minimum atomic E-state index is -0.173. The molecule has 1 amide bonds. The Morgan fingerprint density at radius 3 is 3.00 bits per heavy atom. The molecule has 0 heterocycles. The van der Waals surface area contributed by atoms with Crippen LogP contribution in [0.1, 0.15) is 19.8 Å². The number of nitrogens with one attached hydrogen (secondary N) is 2. The van der Waals surface area contributed by atoms with Crippen molar-refractivity contribution in [3.05, 3.63) is 12.7 Å². The highest BCUT2D eigenvalue weighted by Crippen LogP contribution is 1.86. The molecule has 0 radical (unpaired) electrons. The Labute approximate surface area is 86.0 Å². The number of unbranched alkanes of at least 4 members (excludes halogenated alkanes) is 1. The van der Waals surface area contributed by atoms with Gasteiger partial charge in [-0.3, -0.25) is 4.79 Å². The van der Waals surface area contributed by atoms with Gasteiger partial charge >= 0.3 is 0 Å². The molecule has 0 aliphatic carbocycles. The van der Waals surface area contributed by atoms with E-state index in [1.54, 1.807) is 6.08 Å². The second kappa shape index (κ2) is 8.33. The largest absolute Gasteiger partial charge is 0.351 e. The smallest absolute Gasteiger partial charge is 0.237 e. The number of hydrogen-bond acceptors (Lipinski definition) is 2. The fraction of sp³-hybridized carbons (Fsp3) is 0.545. The molecule has 1 unspecified atom stereocenters. The predicted molar refractivity (Wildman–Crippen MR) is 58.7 cm³/mol. The maximum absolute atomic E-state index is 11.3. The number of terminal acetylenes is 1. The first-order chi connectivity index (χ1) is 6.72. The third-order valence-corrected chi connectivity index (χ3v) is 1.76. The van der Waals surface area contributed by atoms with Gasteiger partial charge in [-0.15, -0.1) is 18.9 Å². The molecule has 78 valence electrons. The fourth-order valence-corrected chi connectivity index (χ4v) is 0.928. The summed E-state index contributed by atoms with van der Waals surface area (Å²) in [6.45, 7) is 6.63. The Hall–Kier alpha value is -1.27. The van der Waals surface area contributed by atoms with Crippen molar-refractivity contribution in [2.45, 2.75) is 25.8 Å². The fourth-order valence-electron chi connectivity index (χ4n) is 0.928. The quantitative estimate of drug-likeness (QED) is 0.355. The van der Waals surface area contributed by atoms with Gasteiger partial charge in [0.1, 0.15) is 0 Å². The van der Waals surface area contributed by atoms with Crippen molar-refractivity contribution in [3.63, 3.8) is 0 Å². The second-order valence-corrected chi connectivity index (χ2v) is 3.02. The number of carbonyl (C=O) groups is 1. The molecule has 0 aliphatic rings. The van der Waals surface area contributed by atoms with E-state index in [4.69, 9.17) is 6.42 Å². The lowest BCUT2D eigenvalue weighted by atomic mass is 10.2. The van der Waals surface area contributed by atoms with Crippen molar-refractivity contribution in [1.29, 1.82) is 0 Å². The number of carbonyl (C=O) groups excluding carboxylic acids is 1. The molecule has 2 N–H and O–H groups in total. The normalized spacial score (nSPS) is 11.4. The molecule has 0 aromatic heterocycles. The van der Waals surface area contributed by atoms with Crippen LogP contribution in [0.5, 0.6) is 0 Å². The predicted octanol–water partition coefficient (Wildman–Crippen LogP) is 0.680. The summed E-state index contributed by atoms with van der Waals surface area (Å²) in [5, 5.41) is 5.80. The zero-order valence-electron chi connectivity index (χ0n) is 8.68. The maximum Gasteiger partial charge on any atom is 0.237 e. The minimum absolute atomic E-state index is 0.00870. The van der Waals surface area contributed by atoms with Gasteiger partial charge in [-0.2, -0.15) is 0 Å². The standard InChI is InChI=1S/C11H18N2O/c1-4-6-7-9-12-10(3)11(14)13-8-5-2/h1,5,10,12H,2,6-9H2,3H3,(H,13,14). The van der Waals surface area contributed by atoms with E-state index in [-0.39, 0.29) is 11.9 Å². The summed E-state index contributed by atoms with van der Waals surface area (Å²) >= 11 is 0. The lowest BCUT2D eigenvalue weighted by Crippen LogP contribution is -2.42. The van der Waals surface area contributed by atoms with Crippen molar-refractivity contribution < 1.29 is 4.79 Å². The molecule has 3 heteroatoms. The average molecular weight is 194 g/mol. The lowest BCUT2D eigenvalue weighted by molar-refractivity contribution is -0.122. The molecule has 0 spiro atoms. The van der Waals surface area contributed by atoms with Gasteiger partial charge in [-0.05, 0) is 19.9 Å². The molecule has 0 bridgehead atoms. The van der Waals surface area contributed by atoms with E-state index in [0.717, 1.165) is 19.4 Å². The van der Waals surface area contributed by atoms with Gasteiger partial charge in [0.2, 0.25) is 5.91 Å². The van der Waals surface area contributed by atoms with Crippen LogP contribution < -0.4 is 10.6 Å². The molecule has 1 atom stereocenters. The molecule has 0 saturated heterocycles. The highest BCUT2D eigenvalue weighted by Gasteiger charge is 2.09. The highest BCUT2D eigenvalue weighted by molar-refractivity contribution is 5.81. The number of rotatable bonds is 7. The zero-order chi connectivity index (χ0) is 10.8. The van der Waals surface area contributed by atoms with Gasteiger partial charge in [-0.1, -0.05) is 6.08 Å². The molecular weight excluding hydrogens is 176 g/mol. The van der Waals surface area contributed by atoms with Crippen LogP contribution in [-0.2, 0) is 4.79 Å². The molecule has 0 rings (SSSR count). The van der Waals surface area contributed by atoms with Crippen molar-refractivity contribution in [2.75, 3.05) is 13.1 Å². The Morgan fingerprint density at radius 2 is 2.43 bits per heavy atom. The van der Waals surface area contributed by atoms with E-state index in [2.05, 4.69) is 23.1 Å². The number of hydrogen-bond donors (Lipinski definition) is 2. The first-order valence-electron chi connectivity index (χ1n) is 4.77. The third-order valence-electron chi connectivity index (χ3n) is 1.76. The molecule has 14 heavy (non-hydrogen) atoms. The Morgan fingerprint density at radius 1 is 1.71 bits per heavy atom. The van der Waals surface area contributed by atoms with Gasteiger partial charge < -0.3 is 10.6 Å². The lowest BCUT2D eigenvalue weighted by Gasteiger charge is -2.12. The summed E-state index contributed by atoms with van der Waals surface area (Å²) in [6.07, 6.45) is 8.40. The van der Waals surface area contributed by atoms with Gasteiger partial charge in [0.25, 0.3) is 0 Å². The van der Waals surface area contributed by atoms with E-state index in [0.29, 0.717) is 6.54 Å². The minimum Gasteiger partial charge on any atom is -0.351 e. The SMILES string of the molecule is C#CCCCNC(C)C(=O)NCC=C. The van der Waals surface area contributed by atoms with E-state index < -0.39 is 0 Å². The zero-order valence-corrected chi connectivity index (χ0v) is 8.68. The average Bonchev–Trinajstić information content (AvgIpc) is 2.20. The summed E-state index contributed by atoms with van der Waals surface area (Å²) in [6, 6.07) is -0.173. The van der Waals surface area contributed by atoms with Crippen LogP contribution in [-0.4, -0.2) is 25.0 Å². The molecular formula is C11H18N2O. The molecule has 0 fully saturated rings. The summed E-state index contributed by atoms with van der Waals surface area (Å²) in [5.74, 6) is 2.54. The molecule has 0 aromatic carbocycles. The molecule has 0 aromatic rings. The topological polar surface area (TPSA) is 41.1 Å². The second-order valence-electron chi connectivity index (χ2n) is 3.02. The van der Waals surface area contributed by atoms with Gasteiger partial charge in [0.05, 0.1) is 6.04 Å². The van der Waals surface area contributed by atoms with Gasteiger partial charge in [0.15, 0.2) is 0 Å². The van der Waals surface area contributed by atoms with Crippen molar-refractivity contribution >= 4 is 5.91 Å². The molecule has 0 aliphatic heterocycles. The summed E-state index contributed by atoms with van der Waals surface area (Å²) in [5.41, 5.74) is 0. The third kappa shape index (κ3) is 6.27. The molecule has 3 nitrogen and oxygen atoms in total. The highest BCUT2D eigenvalue weighted by atomic mass is 16.2. The van der Waals surface area contributed by atoms with Crippen LogP contribution in [0.3, 0.4) is 0 Å². The van der Waals surface area contributed by atoms with Crippen LogP contribution in [0.2, 0.25) is 0 Å². The van der Waals surface area contributed by atoms with Crippen molar-refractivity contribution in [2.24, 2.45) is 0 Å². The monoisotopic (exact) mass is 194 g/mol. The summed E-state index contributed by atoms with van der Waals surface area (Å²) < 4.78 is 0. The van der Waals surface area contributed by atoms with Crippen LogP contribution >= 0.6 is 0 Å². The van der Waals surface area contributed by atoms with E-state index in [1.165, 1.54) is 0 Å². The number of amides is 1. The Bertz CT molecular complexity index is 218. The van der Waals surface area contributed by atoms with Crippen LogP contribution in [0.4, 0.5) is 0 Å². The molecule has 0 saturated carbocycles. The maximum atomic E-state index is 11.3. The van der Waals surface area contributed by atoms with Crippen molar-refractivity contribution in [3.8, 4) is 12.3 Å². The first kappa shape index (κ1) is 12.7. The summed E-state index contributed by atoms with van der Waals surface area (Å²) in [4.78, 5) is 11.3. The first-order valence-corrected chi connectivity index (χ1v) is 4.77.